The zero-order chi connectivity index (χ0) is 31.4. The van der Waals surface area contributed by atoms with Crippen molar-refractivity contribution in [3.63, 3.8) is 0 Å². The van der Waals surface area contributed by atoms with Crippen molar-refractivity contribution in [2.75, 3.05) is 60.5 Å². The SMILES string of the molecule is COc1ccc(C2Sc3c(ccc4ccccc34)N(CCN(C)C)C(=O)C2OC(=O)c2cc(OC)c(OC)c(OC)c2)cc1.Cl. The zero-order valence-corrected chi connectivity index (χ0v) is 27.7. The molecule has 45 heavy (non-hydrogen) atoms. The molecule has 2 atom stereocenters. The number of halogens is 1. The van der Waals surface area contributed by atoms with Crippen LogP contribution in [-0.2, 0) is 9.53 Å². The lowest BCUT2D eigenvalue weighted by atomic mass is 10.0. The van der Waals surface area contributed by atoms with Gasteiger partial charge in [0.2, 0.25) is 5.75 Å². The van der Waals surface area contributed by atoms with Crippen LogP contribution in [0.4, 0.5) is 5.69 Å². The first kappa shape index (κ1) is 33.8. The van der Waals surface area contributed by atoms with Crippen LogP contribution in [0.3, 0.4) is 0 Å². The molecule has 0 spiro atoms. The summed E-state index contributed by atoms with van der Waals surface area (Å²) in [6, 6.07) is 22.6. The molecule has 2 unspecified atom stereocenters. The quantitative estimate of drug-likeness (QED) is 0.184. The van der Waals surface area contributed by atoms with Crippen LogP contribution in [-0.4, -0.2) is 78.5 Å². The Morgan fingerprint density at radius 1 is 0.867 bits per heavy atom. The van der Waals surface area contributed by atoms with Crippen molar-refractivity contribution in [3.8, 4) is 23.0 Å². The number of methoxy groups -OCH3 is 4. The van der Waals surface area contributed by atoms with Crippen molar-refractivity contribution in [3.05, 3.63) is 83.9 Å². The highest BCUT2D eigenvalue weighted by atomic mass is 35.5. The molecule has 0 fully saturated rings. The third kappa shape index (κ3) is 6.93. The van der Waals surface area contributed by atoms with Crippen molar-refractivity contribution in [1.82, 2.24) is 4.90 Å². The highest BCUT2D eigenvalue weighted by molar-refractivity contribution is 8.00. The maximum absolute atomic E-state index is 14.6. The number of ether oxygens (including phenoxy) is 5. The van der Waals surface area contributed by atoms with Gasteiger partial charge in [0.15, 0.2) is 17.6 Å². The molecule has 0 N–H and O–H groups in total. The summed E-state index contributed by atoms with van der Waals surface area (Å²) in [7, 11) is 9.96. The van der Waals surface area contributed by atoms with Gasteiger partial charge < -0.3 is 33.5 Å². The van der Waals surface area contributed by atoms with Crippen LogP contribution >= 0.6 is 24.2 Å². The molecule has 4 aromatic rings. The smallest absolute Gasteiger partial charge is 0.339 e. The predicted octanol–water partition coefficient (Wildman–Crippen LogP) is 6.26. The van der Waals surface area contributed by atoms with Crippen molar-refractivity contribution in [2.45, 2.75) is 16.2 Å². The summed E-state index contributed by atoms with van der Waals surface area (Å²) < 4.78 is 27.9. The fraction of sp³-hybridized carbons (Fsp3) is 0.294. The second-order valence-electron chi connectivity index (χ2n) is 10.5. The van der Waals surface area contributed by atoms with Gasteiger partial charge in [0.1, 0.15) is 5.75 Å². The van der Waals surface area contributed by atoms with E-state index in [2.05, 4.69) is 12.1 Å². The molecule has 1 aliphatic heterocycles. The van der Waals surface area contributed by atoms with Gasteiger partial charge >= 0.3 is 5.97 Å². The molecule has 0 radical (unpaired) electrons. The fourth-order valence-corrected chi connectivity index (χ4v) is 6.67. The van der Waals surface area contributed by atoms with Gasteiger partial charge in [-0.15, -0.1) is 24.2 Å². The highest BCUT2D eigenvalue weighted by Crippen LogP contribution is 2.50. The minimum Gasteiger partial charge on any atom is -0.497 e. The Kier molecular flexibility index (Phi) is 11.1. The highest BCUT2D eigenvalue weighted by Gasteiger charge is 2.42. The van der Waals surface area contributed by atoms with Gasteiger partial charge in [0.05, 0.1) is 44.9 Å². The standard InChI is InChI=1S/C34H36N2O7S.ClH/c1-35(2)17-18-36-26-16-13-21-9-7-8-10-25(21)32(26)44-31(22-11-14-24(39-3)15-12-22)30(33(36)37)43-34(38)23-19-27(40-4)29(42-6)28(20-23)41-5;/h7-16,19-20,30-31H,17-18H2,1-6H3;1H. The minimum absolute atomic E-state index is 0. The minimum atomic E-state index is -1.16. The van der Waals surface area contributed by atoms with Crippen molar-refractivity contribution in [2.24, 2.45) is 0 Å². The Labute approximate surface area is 273 Å². The van der Waals surface area contributed by atoms with Gasteiger partial charge in [-0.2, -0.15) is 0 Å². The van der Waals surface area contributed by atoms with Crippen LogP contribution in [0.15, 0.2) is 77.7 Å². The summed E-state index contributed by atoms with van der Waals surface area (Å²) >= 11 is 1.52. The van der Waals surface area contributed by atoms with E-state index >= 15 is 0 Å². The molecule has 0 saturated carbocycles. The van der Waals surface area contributed by atoms with Crippen LogP contribution in [0.25, 0.3) is 10.8 Å². The molecule has 0 aliphatic carbocycles. The summed E-state index contributed by atoms with van der Waals surface area (Å²) in [6.45, 7) is 1.02. The topological polar surface area (TPSA) is 86.8 Å². The van der Waals surface area contributed by atoms with E-state index in [1.807, 2.05) is 67.5 Å². The Morgan fingerprint density at radius 3 is 2.13 bits per heavy atom. The largest absolute Gasteiger partial charge is 0.497 e. The number of fused-ring (bicyclic) bond motifs is 3. The number of hydrogen-bond acceptors (Lipinski definition) is 9. The molecule has 9 nitrogen and oxygen atoms in total. The molecule has 5 rings (SSSR count). The average molecular weight is 653 g/mol. The second-order valence-corrected chi connectivity index (χ2v) is 11.6. The van der Waals surface area contributed by atoms with E-state index in [0.717, 1.165) is 26.9 Å². The van der Waals surface area contributed by atoms with E-state index in [-0.39, 0.29) is 23.9 Å². The van der Waals surface area contributed by atoms with Crippen LogP contribution in [0.1, 0.15) is 21.2 Å². The van der Waals surface area contributed by atoms with Crippen LogP contribution < -0.4 is 23.8 Å². The lowest BCUT2D eigenvalue weighted by molar-refractivity contribution is -0.127. The van der Waals surface area contributed by atoms with Crippen LogP contribution in [0, 0.1) is 0 Å². The Hall–Kier alpha value is -4.12. The number of thioether (sulfide) groups is 1. The van der Waals surface area contributed by atoms with Gasteiger partial charge in [0, 0.05) is 18.0 Å². The van der Waals surface area contributed by atoms with E-state index in [1.165, 1.54) is 45.2 Å². The van der Waals surface area contributed by atoms with E-state index < -0.39 is 17.3 Å². The summed E-state index contributed by atoms with van der Waals surface area (Å²) in [6.07, 6.45) is -1.16. The molecule has 0 bridgehead atoms. The van der Waals surface area contributed by atoms with Gasteiger partial charge in [-0.05, 0) is 60.8 Å². The Bertz CT molecular complexity index is 1640. The number of amides is 1. The van der Waals surface area contributed by atoms with E-state index in [9.17, 15) is 9.59 Å². The van der Waals surface area contributed by atoms with E-state index in [1.54, 1.807) is 12.0 Å². The number of carbonyl (C=O) groups excluding carboxylic acids is 2. The van der Waals surface area contributed by atoms with Gasteiger partial charge in [-0.3, -0.25) is 4.79 Å². The maximum Gasteiger partial charge on any atom is 0.339 e. The lowest BCUT2D eigenvalue weighted by Crippen LogP contribution is -2.45. The molecule has 4 aromatic carbocycles. The predicted molar refractivity (Wildman–Crippen MR) is 179 cm³/mol. The number of nitrogens with zero attached hydrogens (tertiary/aromatic N) is 2. The monoisotopic (exact) mass is 652 g/mol. The molecule has 1 heterocycles. The molecule has 1 aliphatic rings. The number of rotatable bonds is 10. The number of hydrogen-bond donors (Lipinski definition) is 0. The van der Waals surface area contributed by atoms with E-state index in [0.29, 0.717) is 36.1 Å². The molecular weight excluding hydrogens is 616 g/mol. The first-order valence-corrected chi connectivity index (χ1v) is 15.0. The second kappa shape index (κ2) is 14.8. The first-order valence-electron chi connectivity index (χ1n) is 14.1. The number of esters is 1. The van der Waals surface area contributed by atoms with Crippen molar-refractivity contribution in [1.29, 1.82) is 0 Å². The number of anilines is 1. The molecule has 0 aromatic heterocycles. The average Bonchev–Trinajstić information content (AvgIpc) is 3.16. The van der Waals surface area contributed by atoms with Crippen molar-refractivity contribution < 1.29 is 33.3 Å². The summed E-state index contributed by atoms with van der Waals surface area (Å²) in [4.78, 5) is 33.2. The maximum atomic E-state index is 14.6. The Balaban J connectivity index is 0.00000461. The lowest BCUT2D eigenvalue weighted by Gasteiger charge is -2.29. The summed E-state index contributed by atoms with van der Waals surface area (Å²) in [5, 5.41) is 1.51. The number of carbonyl (C=O) groups is 2. The van der Waals surface area contributed by atoms with Crippen molar-refractivity contribution >= 4 is 52.5 Å². The van der Waals surface area contributed by atoms with Gasteiger partial charge in [-0.1, -0.05) is 42.5 Å². The van der Waals surface area contributed by atoms with Crippen LogP contribution in [0.5, 0.6) is 23.0 Å². The summed E-state index contributed by atoms with van der Waals surface area (Å²) in [5.74, 6) is 0.640. The molecular formula is C34H37ClN2O7S. The van der Waals surface area contributed by atoms with Gasteiger partial charge in [0.25, 0.3) is 5.91 Å². The van der Waals surface area contributed by atoms with Gasteiger partial charge in [-0.25, -0.2) is 4.79 Å². The fourth-order valence-electron chi connectivity index (χ4n) is 5.22. The number of likely N-dealkylation sites (N-methyl/N-ethyl adjacent to an activating group) is 1. The summed E-state index contributed by atoms with van der Waals surface area (Å²) in [5.41, 5.74) is 1.77. The molecule has 0 saturated heterocycles. The zero-order valence-electron chi connectivity index (χ0n) is 26.1. The first-order chi connectivity index (χ1) is 21.3. The number of benzene rings is 4. The molecule has 1 amide bonds. The normalized spacial score (nSPS) is 16.0. The molecule has 11 heteroatoms. The third-order valence-electron chi connectivity index (χ3n) is 7.53. The Morgan fingerprint density at radius 2 is 1.53 bits per heavy atom. The van der Waals surface area contributed by atoms with Crippen LogP contribution in [0.2, 0.25) is 0 Å². The van der Waals surface area contributed by atoms with E-state index in [4.69, 9.17) is 23.7 Å². The molecule has 238 valence electrons. The third-order valence-corrected chi connectivity index (χ3v) is 8.97.